The van der Waals surface area contributed by atoms with Crippen molar-refractivity contribution < 1.29 is 0 Å². The molecule has 2 aliphatic rings. The van der Waals surface area contributed by atoms with Gasteiger partial charge in [0.15, 0.2) is 0 Å². The molecular formula is C19H30N2. The quantitative estimate of drug-likeness (QED) is 0.892. The van der Waals surface area contributed by atoms with E-state index in [1.807, 2.05) is 0 Å². The van der Waals surface area contributed by atoms with Crippen LogP contribution in [-0.4, -0.2) is 37.6 Å². The molecule has 0 aromatic heterocycles. The Labute approximate surface area is 129 Å². The Morgan fingerprint density at radius 2 is 1.90 bits per heavy atom. The summed E-state index contributed by atoms with van der Waals surface area (Å²) in [5.41, 5.74) is 2.97. The molecule has 116 valence electrons. The van der Waals surface area contributed by atoms with Gasteiger partial charge in [0.05, 0.1) is 0 Å². The van der Waals surface area contributed by atoms with Gasteiger partial charge in [0, 0.05) is 19.1 Å². The number of piperidine rings is 1. The maximum absolute atomic E-state index is 3.83. The van der Waals surface area contributed by atoms with Crippen LogP contribution >= 0.6 is 0 Å². The van der Waals surface area contributed by atoms with Crippen LogP contribution in [0.2, 0.25) is 0 Å². The lowest BCUT2D eigenvalue weighted by Crippen LogP contribution is -2.48. The summed E-state index contributed by atoms with van der Waals surface area (Å²) in [6.07, 6.45) is 6.76. The van der Waals surface area contributed by atoms with E-state index in [4.69, 9.17) is 0 Å². The first kappa shape index (κ1) is 15.1. The summed E-state index contributed by atoms with van der Waals surface area (Å²) in [5, 5.41) is 3.83. The first-order valence-corrected chi connectivity index (χ1v) is 8.75. The molecule has 21 heavy (non-hydrogen) atoms. The second-order valence-electron chi connectivity index (χ2n) is 7.15. The number of rotatable bonds is 5. The Bertz CT molecular complexity index is 435. The molecule has 1 N–H and O–H groups in total. The number of nitrogens with zero attached hydrogens (tertiary/aromatic N) is 1. The Morgan fingerprint density at radius 1 is 1.14 bits per heavy atom. The van der Waals surface area contributed by atoms with Crippen LogP contribution in [0.3, 0.4) is 0 Å². The molecule has 2 atom stereocenters. The minimum atomic E-state index is 0.667. The molecule has 1 saturated carbocycles. The molecule has 2 fully saturated rings. The number of nitrogens with one attached hydrogen (secondary N) is 1. The number of benzene rings is 1. The van der Waals surface area contributed by atoms with Gasteiger partial charge in [0.25, 0.3) is 0 Å². The van der Waals surface area contributed by atoms with Crippen LogP contribution in [-0.2, 0) is 6.42 Å². The van der Waals surface area contributed by atoms with Crippen molar-refractivity contribution in [2.24, 2.45) is 5.92 Å². The van der Waals surface area contributed by atoms with Crippen LogP contribution in [0.25, 0.3) is 0 Å². The summed E-state index contributed by atoms with van der Waals surface area (Å²) in [6, 6.07) is 9.99. The molecule has 1 heterocycles. The second kappa shape index (κ2) is 6.93. The van der Waals surface area contributed by atoms with E-state index in [2.05, 4.69) is 48.5 Å². The zero-order valence-corrected chi connectivity index (χ0v) is 13.6. The van der Waals surface area contributed by atoms with Crippen molar-refractivity contribution in [3.05, 3.63) is 35.4 Å². The lowest BCUT2D eigenvalue weighted by atomic mass is 9.84. The first-order valence-electron chi connectivity index (χ1n) is 8.75. The van der Waals surface area contributed by atoms with Gasteiger partial charge >= 0.3 is 0 Å². The van der Waals surface area contributed by atoms with Crippen molar-refractivity contribution in [1.29, 1.82) is 0 Å². The maximum atomic E-state index is 3.83. The average molecular weight is 286 g/mol. The summed E-state index contributed by atoms with van der Waals surface area (Å²) in [7, 11) is 2.27. The van der Waals surface area contributed by atoms with Gasteiger partial charge in [-0.2, -0.15) is 0 Å². The van der Waals surface area contributed by atoms with Crippen LogP contribution < -0.4 is 5.32 Å². The molecule has 0 bridgehead atoms. The standard InChI is InChI=1S/C19H30N2/c1-3-15-7-9-17(10-8-15)18-11-19(14-21(2)13-18)20-12-16-5-4-6-16/h7-10,16,18-20H,3-6,11-14H2,1-2H3. The van der Waals surface area contributed by atoms with Crippen molar-refractivity contribution in [3.63, 3.8) is 0 Å². The van der Waals surface area contributed by atoms with Gasteiger partial charge in [-0.3, -0.25) is 0 Å². The topological polar surface area (TPSA) is 15.3 Å². The third-order valence-electron chi connectivity index (χ3n) is 5.41. The molecule has 2 nitrogen and oxygen atoms in total. The van der Waals surface area contributed by atoms with E-state index < -0.39 is 0 Å². The molecule has 1 aromatic carbocycles. The fourth-order valence-electron chi connectivity index (χ4n) is 3.76. The van der Waals surface area contributed by atoms with Crippen LogP contribution in [0.15, 0.2) is 24.3 Å². The van der Waals surface area contributed by atoms with Crippen molar-refractivity contribution in [1.82, 2.24) is 10.2 Å². The number of likely N-dealkylation sites (tertiary alicyclic amines) is 1. The number of hydrogen-bond acceptors (Lipinski definition) is 2. The zero-order chi connectivity index (χ0) is 14.7. The lowest BCUT2D eigenvalue weighted by Gasteiger charge is -2.38. The van der Waals surface area contributed by atoms with E-state index in [-0.39, 0.29) is 0 Å². The average Bonchev–Trinajstić information content (AvgIpc) is 2.45. The Kier molecular flexibility index (Phi) is 4.97. The molecule has 2 unspecified atom stereocenters. The van der Waals surface area contributed by atoms with Crippen molar-refractivity contribution >= 4 is 0 Å². The minimum Gasteiger partial charge on any atom is -0.312 e. The first-order chi connectivity index (χ1) is 10.2. The molecule has 1 aliphatic carbocycles. The summed E-state index contributed by atoms with van der Waals surface area (Å²) < 4.78 is 0. The number of aryl methyl sites for hydroxylation is 1. The molecule has 1 aromatic rings. The minimum absolute atomic E-state index is 0.667. The highest BCUT2D eigenvalue weighted by Crippen LogP contribution is 2.29. The molecule has 1 aliphatic heterocycles. The zero-order valence-electron chi connectivity index (χ0n) is 13.6. The normalized spacial score (nSPS) is 27.5. The predicted octanol–water partition coefficient (Wildman–Crippen LogP) is 3.43. The van der Waals surface area contributed by atoms with Gasteiger partial charge in [-0.25, -0.2) is 0 Å². The molecule has 1 saturated heterocycles. The lowest BCUT2D eigenvalue weighted by molar-refractivity contribution is 0.190. The second-order valence-corrected chi connectivity index (χ2v) is 7.15. The van der Waals surface area contributed by atoms with E-state index >= 15 is 0 Å². The van der Waals surface area contributed by atoms with Gasteiger partial charge in [0.2, 0.25) is 0 Å². The van der Waals surface area contributed by atoms with E-state index in [0.717, 1.165) is 12.3 Å². The third-order valence-corrected chi connectivity index (χ3v) is 5.41. The highest BCUT2D eigenvalue weighted by Gasteiger charge is 2.27. The third kappa shape index (κ3) is 3.87. The molecule has 0 radical (unpaired) electrons. The van der Waals surface area contributed by atoms with Crippen LogP contribution in [0.5, 0.6) is 0 Å². The fraction of sp³-hybridized carbons (Fsp3) is 0.684. The van der Waals surface area contributed by atoms with Crippen molar-refractivity contribution in [2.45, 2.75) is 51.0 Å². The summed E-state index contributed by atoms with van der Waals surface area (Å²) >= 11 is 0. The van der Waals surface area contributed by atoms with Gasteiger partial charge in [-0.1, -0.05) is 37.6 Å². The molecule has 2 heteroatoms. The van der Waals surface area contributed by atoms with E-state index in [0.29, 0.717) is 12.0 Å². The molecule has 0 spiro atoms. The highest BCUT2D eigenvalue weighted by atomic mass is 15.1. The molecule has 0 amide bonds. The maximum Gasteiger partial charge on any atom is 0.0201 e. The van der Waals surface area contributed by atoms with Gasteiger partial charge < -0.3 is 10.2 Å². The summed E-state index contributed by atoms with van der Waals surface area (Å²) in [5.74, 6) is 1.65. The highest BCUT2D eigenvalue weighted by molar-refractivity contribution is 5.26. The van der Waals surface area contributed by atoms with Crippen LogP contribution in [0.1, 0.15) is 49.7 Å². The molecule has 3 rings (SSSR count). The van der Waals surface area contributed by atoms with Gasteiger partial charge in [0.1, 0.15) is 0 Å². The summed E-state index contributed by atoms with van der Waals surface area (Å²) in [6.45, 7) is 5.87. The largest absolute Gasteiger partial charge is 0.312 e. The summed E-state index contributed by atoms with van der Waals surface area (Å²) in [4.78, 5) is 2.50. The monoisotopic (exact) mass is 286 g/mol. The SMILES string of the molecule is CCc1ccc(C2CC(NCC3CCC3)CN(C)C2)cc1. The Hall–Kier alpha value is -0.860. The number of likely N-dealkylation sites (N-methyl/N-ethyl adjacent to an activating group) is 1. The van der Waals surface area contributed by atoms with Gasteiger partial charge in [-0.05, 0) is 62.2 Å². The Morgan fingerprint density at radius 3 is 2.52 bits per heavy atom. The van der Waals surface area contributed by atoms with Crippen molar-refractivity contribution in [2.75, 3.05) is 26.7 Å². The number of hydrogen-bond donors (Lipinski definition) is 1. The van der Waals surface area contributed by atoms with Crippen LogP contribution in [0.4, 0.5) is 0 Å². The predicted molar refractivity (Wildman–Crippen MR) is 89.8 cm³/mol. The fourth-order valence-corrected chi connectivity index (χ4v) is 3.76. The van der Waals surface area contributed by atoms with E-state index in [1.165, 1.54) is 56.4 Å². The van der Waals surface area contributed by atoms with Gasteiger partial charge in [-0.15, -0.1) is 0 Å². The molecular weight excluding hydrogens is 256 g/mol. The van der Waals surface area contributed by atoms with Crippen LogP contribution in [0, 0.1) is 5.92 Å². The van der Waals surface area contributed by atoms with E-state index in [9.17, 15) is 0 Å². The van der Waals surface area contributed by atoms with Crippen molar-refractivity contribution in [3.8, 4) is 0 Å². The Balaban J connectivity index is 1.58. The smallest absolute Gasteiger partial charge is 0.0201 e. The van der Waals surface area contributed by atoms with E-state index in [1.54, 1.807) is 0 Å².